The summed E-state index contributed by atoms with van der Waals surface area (Å²) < 4.78 is 5.33. The minimum absolute atomic E-state index is 0.0441. The SMILES string of the molecule is COc1ccccc1CCNC(=O)[C@H]1CCCN1C(=O)c1cccs1. The summed E-state index contributed by atoms with van der Waals surface area (Å²) in [6.07, 6.45) is 2.28. The molecule has 0 unspecified atom stereocenters. The number of nitrogens with zero attached hydrogens (tertiary/aromatic N) is 1. The molecule has 3 rings (SSSR count). The monoisotopic (exact) mass is 358 g/mol. The van der Waals surface area contributed by atoms with Gasteiger partial charge in [0.15, 0.2) is 0 Å². The Labute approximate surface area is 151 Å². The van der Waals surface area contributed by atoms with Gasteiger partial charge < -0.3 is 15.0 Å². The molecule has 1 saturated heterocycles. The van der Waals surface area contributed by atoms with Crippen molar-refractivity contribution < 1.29 is 14.3 Å². The summed E-state index contributed by atoms with van der Waals surface area (Å²) in [4.78, 5) is 27.5. The van der Waals surface area contributed by atoms with Crippen molar-refractivity contribution in [3.05, 3.63) is 52.2 Å². The number of nitrogens with one attached hydrogen (secondary N) is 1. The highest BCUT2D eigenvalue weighted by molar-refractivity contribution is 7.12. The second-order valence-corrected chi connectivity index (χ2v) is 6.93. The second kappa shape index (κ2) is 8.16. The van der Waals surface area contributed by atoms with Crippen molar-refractivity contribution >= 4 is 23.2 Å². The first-order valence-electron chi connectivity index (χ1n) is 8.45. The van der Waals surface area contributed by atoms with E-state index < -0.39 is 0 Å². The molecule has 0 aliphatic carbocycles. The molecule has 6 heteroatoms. The third kappa shape index (κ3) is 4.02. The lowest BCUT2D eigenvalue weighted by Crippen LogP contribution is -2.46. The molecule has 1 aromatic carbocycles. The van der Waals surface area contributed by atoms with Gasteiger partial charge in [-0.15, -0.1) is 11.3 Å². The molecule has 2 aromatic rings. The van der Waals surface area contributed by atoms with Gasteiger partial charge in [0.2, 0.25) is 5.91 Å². The maximum atomic E-state index is 12.5. The fraction of sp³-hybridized carbons (Fsp3) is 0.368. The van der Waals surface area contributed by atoms with Crippen LogP contribution in [-0.2, 0) is 11.2 Å². The van der Waals surface area contributed by atoms with Gasteiger partial charge >= 0.3 is 0 Å². The van der Waals surface area contributed by atoms with Crippen LogP contribution in [-0.4, -0.2) is 43.0 Å². The summed E-state index contributed by atoms with van der Waals surface area (Å²) in [6.45, 7) is 1.16. The summed E-state index contributed by atoms with van der Waals surface area (Å²) in [5.74, 6) is 0.710. The average molecular weight is 358 g/mol. The molecule has 1 aliphatic heterocycles. The first kappa shape index (κ1) is 17.5. The number of hydrogen-bond acceptors (Lipinski definition) is 4. The molecule has 1 fully saturated rings. The number of thiophene rings is 1. The Hall–Kier alpha value is -2.34. The number of rotatable bonds is 6. The zero-order valence-electron chi connectivity index (χ0n) is 14.2. The van der Waals surface area contributed by atoms with Crippen molar-refractivity contribution in [1.82, 2.24) is 10.2 Å². The van der Waals surface area contributed by atoms with Gasteiger partial charge in [-0.3, -0.25) is 9.59 Å². The highest BCUT2D eigenvalue weighted by Gasteiger charge is 2.34. The topological polar surface area (TPSA) is 58.6 Å². The van der Waals surface area contributed by atoms with Gasteiger partial charge in [-0.1, -0.05) is 24.3 Å². The van der Waals surface area contributed by atoms with E-state index in [1.807, 2.05) is 41.8 Å². The third-order valence-electron chi connectivity index (χ3n) is 4.43. The lowest BCUT2D eigenvalue weighted by Gasteiger charge is -2.23. The number of para-hydroxylation sites is 1. The van der Waals surface area contributed by atoms with Crippen LogP contribution in [0.15, 0.2) is 41.8 Å². The van der Waals surface area contributed by atoms with E-state index in [9.17, 15) is 9.59 Å². The number of carbonyl (C=O) groups is 2. The van der Waals surface area contributed by atoms with Crippen LogP contribution in [0.4, 0.5) is 0 Å². The van der Waals surface area contributed by atoms with E-state index in [4.69, 9.17) is 4.74 Å². The summed E-state index contributed by atoms with van der Waals surface area (Å²) in [7, 11) is 1.64. The number of hydrogen-bond donors (Lipinski definition) is 1. The summed E-state index contributed by atoms with van der Waals surface area (Å²) >= 11 is 1.41. The smallest absolute Gasteiger partial charge is 0.264 e. The second-order valence-electron chi connectivity index (χ2n) is 5.99. The molecule has 1 N–H and O–H groups in total. The minimum Gasteiger partial charge on any atom is -0.496 e. The first-order chi connectivity index (χ1) is 12.2. The first-order valence-corrected chi connectivity index (χ1v) is 9.32. The number of benzene rings is 1. The number of ether oxygens (including phenoxy) is 1. The predicted molar refractivity (Wildman–Crippen MR) is 98.1 cm³/mol. The van der Waals surface area contributed by atoms with Crippen molar-refractivity contribution in [1.29, 1.82) is 0 Å². The average Bonchev–Trinajstić information content (AvgIpc) is 3.33. The Morgan fingerprint density at radius 2 is 2.12 bits per heavy atom. The van der Waals surface area contributed by atoms with Crippen LogP contribution in [0.25, 0.3) is 0 Å². The molecule has 0 spiro atoms. The third-order valence-corrected chi connectivity index (χ3v) is 5.29. The van der Waals surface area contributed by atoms with E-state index in [-0.39, 0.29) is 17.9 Å². The van der Waals surface area contributed by atoms with Crippen LogP contribution in [0.2, 0.25) is 0 Å². The van der Waals surface area contributed by atoms with E-state index in [2.05, 4.69) is 5.32 Å². The molecule has 2 heterocycles. The molecule has 1 atom stereocenters. The highest BCUT2D eigenvalue weighted by Crippen LogP contribution is 2.22. The number of amides is 2. The molecule has 132 valence electrons. The van der Waals surface area contributed by atoms with E-state index >= 15 is 0 Å². The molecule has 0 saturated carbocycles. The van der Waals surface area contributed by atoms with E-state index in [1.54, 1.807) is 12.0 Å². The normalized spacial score (nSPS) is 16.7. The quantitative estimate of drug-likeness (QED) is 0.864. The largest absolute Gasteiger partial charge is 0.496 e. The van der Waals surface area contributed by atoms with Crippen LogP contribution in [0, 0.1) is 0 Å². The number of likely N-dealkylation sites (tertiary alicyclic amines) is 1. The maximum Gasteiger partial charge on any atom is 0.264 e. The Balaban J connectivity index is 1.56. The van der Waals surface area contributed by atoms with E-state index in [1.165, 1.54) is 11.3 Å². The Kier molecular flexibility index (Phi) is 5.71. The van der Waals surface area contributed by atoms with Crippen molar-refractivity contribution in [2.24, 2.45) is 0 Å². The van der Waals surface area contributed by atoms with E-state index in [0.717, 1.165) is 24.2 Å². The van der Waals surface area contributed by atoms with Crippen LogP contribution in [0.1, 0.15) is 28.1 Å². The van der Waals surface area contributed by atoms with Crippen LogP contribution >= 0.6 is 11.3 Å². The van der Waals surface area contributed by atoms with Gasteiger partial charge in [-0.05, 0) is 42.3 Å². The highest BCUT2D eigenvalue weighted by atomic mass is 32.1. The molecular formula is C19H22N2O3S. The van der Waals surface area contributed by atoms with Crippen LogP contribution in [0.3, 0.4) is 0 Å². The summed E-state index contributed by atoms with van der Waals surface area (Å²) in [6, 6.07) is 11.1. The maximum absolute atomic E-state index is 12.5. The van der Waals surface area contributed by atoms with Crippen molar-refractivity contribution in [3.8, 4) is 5.75 Å². The van der Waals surface area contributed by atoms with Crippen molar-refractivity contribution in [2.75, 3.05) is 20.2 Å². The molecule has 1 aliphatic rings. The lowest BCUT2D eigenvalue weighted by atomic mass is 10.1. The minimum atomic E-state index is -0.368. The fourth-order valence-corrected chi connectivity index (χ4v) is 3.85. The zero-order chi connectivity index (χ0) is 17.6. The standard InChI is InChI=1S/C19H22N2O3S/c1-24-16-8-3-2-6-14(16)10-11-20-18(22)15-7-4-12-21(15)19(23)17-9-5-13-25-17/h2-3,5-6,8-9,13,15H,4,7,10-12H2,1H3,(H,20,22)/t15-/m1/s1. The Morgan fingerprint density at radius 3 is 2.88 bits per heavy atom. The Bertz CT molecular complexity index is 730. The molecular weight excluding hydrogens is 336 g/mol. The zero-order valence-corrected chi connectivity index (χ0v) is 15.1. The van der Waals surface area contributed by atoms with E-state index in [0.29, 0.717) is 24.4 Å². The van der Waals surface area contributed by atoms with Gasteiger partial charge in [0.1, 0.15) is 11.8 Å². The van der Waals surface area contributed by atoms with Gasteiger partial charge in [-0.25, -0.2) is 0 Å². The Morgan fingerprint density at radius 1 is 1.28 bits per heavy atom. The molecule has 5 nitrogen and oxygen atoms in total. The number of carbonyl (C=O) groups excluding carboxylic acids is 2. The fourth-order valence-electron chi connectivity index (χ4n) is 3.17. The van der Waals surface area contributed by atoms with Gasteiger partial charge in [0.25, 0.3) is 5.91 Å². The van der Waals surface area contributed by atoms with Crippen molar-refractivity contribution in [2.45, 2.75) is 25.3 Å². The summed E-state index contributed by atoms with van der Waals surface area (Å²) in [5, 5.41) is 4.85. The lowest BCUT2D eigenvalue weighted by molar-refractivity contribution is -0.124. The number of methoxy groups -OCH3 is 1. The molecule has 1 aromatic heterocycles. The molecule has 2 amide bonds. The van der Waals surface area contributed by atoms with Gasteiger partial charge in [0, 0.05) is 13.1 Å². The predicted octanol–water partition coefficient (Wildman–Crippen LogP) is 2.72. The van der Waals surface area contributed by atoms with Gasteiger partial charge in [0.05, 0.1) is 12.0 Å². The molecule has 25 heavy (non-hydrogen) atoms. The summed E-state index contributed by atoms with van der Waals surface area (Å²) in [5.41, 5.74) is 1.06. The van der Waals surface area contributed by atoms with Crippen LogP contribution < -0.4 is 10.1 Å². The van der Waals surface area contributed by atoms with Crippen molar-refractivity contribution in [3.63, 3.8) is 0 Å². The molecule has 0 bridgehead atoms. The van der Waals surface area contributed by atoms with Crippen LogP contribution in [0.5, 0.6) is 5.75 Å². The van der Waals surface area contributed by atoms with Gasteiger partial charge in [-0.2, -0.15) is 0 Å². The molecule has 0 radical (unpaired) electrons.